The first-order valence-corrected chi connectivity index (χ1v) is 54.1. The zero-order chi connectivity index (χ0) is 43.3. The molecule has 8 unspecified atom stereocenters. The molecule has 350 valence electrons. The maximum absolute atomic E-state index is 3.60. The van der Waals surface area contributed by atoms with Crippen LogP contribution in [0.3, 0.4) is 0 Å². The van der Waals surface area contributed by atoms with Crippen molar-refractivity contribution in [3.8, 4) is 0 Å². The Morgan fingerprint density at radius 2 is 0.475 bits per heavy atom. The summed E-state index contributed by atoms with van der Waals surface area (Å²) in [4.78, 5) is 0. The smallest absolute Gasteiger partial charge is 0.358 e. The van der Waals surface area contributed by atoms with Gasteiger partial charge in [-0.1, -0.05) is 246 Å². The van der Waals surface area contributed by atoms with Gasteiger partial charge in [-0.2, -0.15) is 6.42 Å². The SMILES string of the molecule is C[Si](C)(C)CC1CCC([Si](C)(C)[Si](C)(C)C2CCC(C[Si](C)(C)C)C2)C1.C[Si](C)(C)CC1CCC([Si](C)(C)[Si](C)(C)C2CCC(C[Si](C)(C)C)C2)C1.[CH2-]CCC.[CH3-].[CH3-].[Li+].[Li+].[Li+]. The molecule has 11 heteroatoms. The third-order valence-corrected chi connectivity index (χ3v) is 66.5. The summed E-state index contributed by atoms with van der Waals surface area (Å²) in [5.74, 6) is 4.36. The first-order chi connectivity index (χ1) is 25.1. The Labute approximate surface area is 434 Å². The molecule has 4 aliphatic rings. The quantitative estimate of drug-likeness (QED) is 0.113. The normalized spacial score (nSPS) is 27.4. The molecular weight excluding hydrogens is 846 g/mol. The molecular formula is C50H115Li3Si8. The van der Waals surface area contributed by atoms with Gasteiger partial charge in [-0.25, -0.2) is 0 Å². The van der Waals surface area contributed by atoms with E-state index in [0.29, 0.717) is 0 Å². The average Bonchev–Trinajstić information content (AvgIpc) is 3.83. The third kappa shape index (κ3) is 22.9. The fraction of sp³-hybridized carbons (Fsp3) is 0.940. The molecule has 0 heterocycles. The van der Waals surface area contributed by atoms with E-state index >= 15 is 0 Å². The molecule has 61 heavy (non-hydrogen) atoms. The van der Waals surface area contributed by atoms with E-state index in [1.54, 1.807) is 101 Å². The van der Waals surface area contributed by atoms with Crippen LogP contribution in [0.4, 0.5) is 0 Å². The van der Waals surface area contributed by atoms with Gasteiger partial charge in [0.05, 0.1) is 0 Å². The van der Waals surface area contributed by atoms with Crippen LogP contribution < -0.4 is 56.6 Å². The number of unbranched alkanes of at least 4 members (excludes halogenated alkanes) is 1. The van der Waals surface area contributed by atoms with E-state index in [2.05, 4.69) is 145 Å². The van der Waals surface area contributed by atoms with Crippen LogP contribution in [0.2, 0.25) is 177 Å². The van der Waals surface area contributed by atoms with Gasteiger partial charge in [-0.05, 0) is 45.8 Å². The topological polar surface area (TPSA) is 0 Å². The second-order valence-electron chi connectivity index (χ2n) is 28.3. The summed E-state index contributed by atoms with van der Waals surface area (Å²) in [6.45, 7) is 59.4. The number of hydrogen-bond donors (Lipinski definition) is 0. The van der Waals surface area contributed by atoms with Crippen molar-refractivity contribution < 1.29 is 56.6 Å². The van der Waals surface area contributed by atoms with Gasteiger partial charge in [-0.15, -0.1) is 0 Å². The molecule has 4 saturated carbocycles. The van der Waals surface area contributed by atoms with Crippen LogP contribution >= 0.6 is 0 Å². The first kappa shape index (κ1) is 71.1. The van der Waals surface area contributed by atoms with Gasteiger partial charge < -0.3 is 21.8 Å². The molecule has 0 aromatic rings. The van der Waals surface area contributed by atoms with Crippen molar-refractivity contribution >= 4 is 62.7 Å². The molecule has 8 atom stereocenters. The van der Waals surface area contributed by atoms with Gasteiger partial charge in [0.25, 0.3) is 0 Å². The van der Waals surface area contributed by atoms with Crippen LogP contribution in [0.1, 0.15) is 96.8 Å². The fourth-order valence-electron chi connectivity index (χ4n) is 13.2. The Kier molecular flexibility index (Phi) is 33.1. The molecule has 0 aliphatic heterocycles. The Hall–Kier alpha value is 3.53. The first-order valence-electron chi connectivity index (χ1n) is 24.9. The number of rotatable bonds is 15. The molecule has 0 amide bonds. The third-order valence-electron chi connectivity index (χ3n) is 17.5. The van der Waals surface area contributed by atoms with Crippen LogP contribution in [-0.2, 0) is 0 Å². The Morgan fingerprint density at radius 1 is 0.328 bits per heavy atom. The molecule has 4 rings (SSSR count). The average molecular weight is 962 g/mol. The second kappa shape index (κ2) is 28.4. The van der Waals surface area contributed by atoms with Crippen molar-refractivity contribution in [2.45, 2.75) is 274 Å². The van der Waals surface area contributed by atoms with Crippen LogP contribution in [0.15, 0.2) is 0 Å². The molecule has 0 N–H and O–H groups in total. The van der Waals surface area contributed by atoms with Gasteiger partial charge >= 0.3 is 56.6 Å². The fourth-order valence-corrected chi connectivity index (χ4v) is 48.9. The second-order valence-corrected chi connectivity index (χ2v) is 82.9. The van der Waals surface area contributed by atoms with Crippen LogP contribution in [0, 0.1) is 45.4 Å². The molecule has 0 aromatic carbocycles. The molecule has 0 bridgehead atoms. The van der Waals surface area contributed by atoms with E-state index < -0.39 is 62.7 Å². The number of hydrogen-bond acceptors (Lipinski definition) is 0. The predicted octanol–water partition coefficient (Wildman–Crippen LogP) is 10.5. The van der Waals surface area contributed by atoms with E-state index in [1.165, 1.54) is 6.42 Å². The van der Waals surface area contributed by atoms with E-state index in [9.17, 15) is 0 Å². The summed E-state index contributed by atoms with van der Waals surface area (Å²) in [6.07, 6.45) is 21.4. The maximum atomic E-state index is 3.60. The Morgan fingerprint density at radius 3 is 0.590 bits per heavy atom. The van der Waals surface area contributed by atoms with Gasteiger partial charge in [0.2, 0.25) is 0 Å². The van der Waals surface area contributed by atoms with Gasteiger partial charge in [0.1, 0.15) is 0 Å². The monoisotopic (exact) mass is 961 g/mol. The zero-order valence-electron chi connectivity index (χ0n) is 48.1. The zero-order valence-corrected chi connectivity index (χ0v) is 56.1. The minimum absolute atomic E-state index is 0. The standard InChI is InChI=1S/2C22H50Si4.C4H9.2CH3.3Li/c2*1-23(2,3)17-19-11-13-21(15-19)25(7,8)26(9,10)22-14-12-20(16-22)18-24(4,5)6;1-3-4-2;;;;;/h2*19-22H,11-18H2,1-10H3;1,3-4H2,2H3;2*1H3;;;/q;;3*-1;3*+1. The van der Waals surface area contributed by atoms with E-state index in [4.69, 9.17) is 0 Å². The summed E-state index contributed by atoms with van der Waals surface area (Å²) in [5.41, 5.74) is 4.62. The summed E-state index contributed by atoms with van der Waals surface area (Å²) in [6, 6.07) is 6.38. The van der Waals surface area contributed by atoms with Crippen molar-refractivity contribution in [3.63, 3.8) is 0 Å². The van der Waals surface area contributed by atoms with Gasteiger partial charge in [-0.3, -0.25) is 0 Å². The minimum Gasteiger partial charge on any atom is -0.358 e. The van der Waals surface area contributed by atoms with Crippen molar-refractivity contribution in [2.75, 3.05) is 0 Å². The maximum Gasteiger partial charge on any atom is 1.00 e. The van der Waals surface area contributed by atoms with Crippen LogP contribution in [0.25, 0.3) is 0 Å². The molecule has 4 fully saturated rings. The minimum atomic E-state index is -1.10. The summed E-state index contributed by atoms with van der Waals surface area (Å²) in [5, 5.41) is 0. The van der Waals surface area contributed by atoms with Crippen molar-refractivity contribution in [1.29, 1.82) is 0 Å². The van der Waals surface area contributed by atoms with Gasteiger partial charge in [0.15, 0.2) is 0 Å². The molecule has 0 aromatic heterocycles. The molecule has 0 nitrogen and oxygen atoms in total. The van der Waals surface area contributed by atoms with E-state index in [1.807, 2.05) is 0 Å². The van der Waals surface area contributed by atoms with Crippen molar-refractivity contribution in [2.24, 2.45) is 23.7 Å². The van der Waals surface area contributed by atoms with Crippen LogP contribution in [-0.4, -0.2) is 62.7 Å². The van der Waals surface area contributed by atoms with Crippen molar-refractivity contribution in [3.05, 3.63) is 21.8 Å². The predicted molar refractivity (Wildman–Crippen MR) is 300 cm³/mol. The Balaban J connectivity index is -0.000000455. The summed E-state index contributed by atoms with van der Waals surface area (Å²) >= 11 is 0. The largest absolute Gasteiger partial charge is 1.00 e. The van der Waals surface area contributed by atoms with Gasteiger partial charge in [0, 0.05) is 62.7 Å². The molecule has 0 radical (unpaired) electrons. The van der Waals surface area contributed by atoms with E-state index in [-0.39, 0.29) is 71.4 Å². The van der Waals surface area contributed by atoms with E-state index in [0.717, 1.165) is 52.3 Å². The van der Waals surface area contributed by atoms with Crippen molar-refractivity contribution in [1.82, 2.24) is 0 Å². The summed E-state index contributed by atoms with van der Waals surface area (Å²) < 4.78 is 0. The molecule has 0 saturated heterocycles. The van der Waals surface area contributed by atoms with Crippen LogP contribution in [0.5, 0.6) is 0 Å². The summed E-state index contributed by atoms with van der Waals surface area (Å²) in [7, 11) is -7.95. The molecule has 4 aliphatic carbocycles. The molecule has 0 spiro atoms. The Bertz CT molecular complexity index is 987.